The Morgan fingerprint density at radius 2 is 2.33 bits per heavy atom. The summed E-state index contributed by atoms with van der Waals surface area (Å²) in [5.41, 5.74) is 1.15. The molecule has 1 atom stereocenters. The van der Waals surface area contributed by atoms with Gasteiger partial charge in [-0.25, -0.2) is 4.79 Å². The fourth-order valence-corrected chi connectivity index (χ4v) is 1.78. The number of carboxylic acid groups (broad SMARTS) is 1. The van der Waals surface area contributed by atoms with Crippen molar-refractivity contribution in [1.29, 1.82) is 0 Å². The van der Waals surface area contributed by atoms with E-state index in [1.807, 2.05) is 6.92 Å². The number of carboxylic acids is 1. The number of benzene rings is 1. The first kappa shape index (κ1) is 9.83. The highest BCUT2D eigenvalue weighted by Crippen LogP contribution is 2.37. The molecule has 4 nitrogen and oxygen atoms in total. The zero-order chi connectivity index (χ0) is 11.0. The van der Waals surface area contributed by atoms with Crippen LogP contribution in [0.25, 0.3) is 0 Å². The van der Waals surface area contributed by atoms with Gasteiger partial charge >= 0.3 is 5.97 Å². The fourth-order valence-electron chi connectivity index (χ4n) is 1.78. The molecule has 4 heteroatoms. The third kappa shape index (κ3) is 1.63. The van der Waals surface area contributed by atoms with E-state index in [0.29, 0.717) is 11.5 Å². The summed E-state index contributed by atoms with van der Waals surface area (Å²) in [7, 11) is 1.53. The van der Waals surface area contributed by atoms with Gasteiger partial charge in [0, 0.05) is 12.0 Å². The van der Waals surface area contributed by atoms with Crippen LogP contribution < -0.4 is 9.47 Å². The van der Waals surface area contributed by atoms with Crippen LogP contribution in [0.15, 0.2) is 12.1 Å². The van der Waals surface area contributed by atoms with Gasteiger partial charge in [0.25, 0.3) is 0 Å². The van der Waals surface area contributed by atoms with Crippen LogP contribution in [-0.4, -0.2) is 24.3 Å². The summed E-state index contributed by atoms with van der Waals surface area (Å²) in [5, 5.41) is 8.89. The van der Waals surface area contributed by atoms with E-state index in [1.54, 1.807) is 6.07 Å². The maximum Gasteiger partial charge on any atom is 0.335 e. The van der Waals surface area contributed by atoms with Crippen molar-refractivity contribution in [2.24, 2.45) is 0 Å². The average Bonchev–Trinajstić information content (AvgIpc) is 2.56. The summed E-state index contributed by atoms with van der Waals surface area (Å²) in [6.07, 6.45) is 0.844. The van der Waals surface area contributed by atoms with Crippen LogP contribution in [-0.2, 0) is 6.42 Å². The first-order valence-corrected chi connectivity index (χ1v) is 4.72. The maximum absolute atomic E-state index is 10.8. The predicted octanol–water partition coefficient (Wildman–Crippen LogP) is 1.72. The lowest BCUT2D eigenvalue weighted by molar-refractivity contribution is 0.0696. The van der Waals surface area contributed by atoms with Gasteiger partial charge < -0.3 is 14.6 Å². The molecule has 80 valence electrons. The molecule has 1 heterocycles. The van der Waals surface area contributed by atoms with E-state index in [1.165, 1.54) is 13.2 Å². The van der Waals surface area contributed by atoms with Crippen molar-refractivity contribution >= 4 is 5.97 Å². The molecule has 15 heavy (non-hydrogen) atoms. The Kier molecular flexibility index (Phi) is 2.26. The molecule has 1 aliphatic heterocycles. The minimum atomic E-state index is -0.973. The molecule has 1 unspecified atom stereocenters. The number of ether oxygens (including phenoxy) is 2. The van der Waals surface area contributed by atoms with Gasteiger partial charge in [-0.2, -0.15) is 0 Å². The lowest BCUT2D eigenvalue weighted by Crippen LogP contribution is -2.05. The van der Waals surface area contributed by atoms with E-state index in [0.717, 1.165) is 12.0 Å². The molecule has 0 saturated heterocycles. The van der Waals surface area contributed by atoms with Crippen molar-refractivity contribution in [2.45, 2.75) is 19.4 Å². The monoisotopic (exact) mass is 208 g/mol. The van der Waals surface area contributed by atoms with Crippen molar-refractivity contribution in [3.63, 3.8) is 0 Å². The van der Waals surface area contributed by atoms with Crippen LogP contribution in [0, 0.1) is 0 Å². The Labute approximate surface area is 87.4 Å². The fraction of sp³-hybridized carbons (Fsp3) is 0.364. The molecule has 1 aromatic carbocycles. The predicted molar refractivity (Wildman–Crippen MR) is 53.7 cm³/mol. The number of aromatic carboxylic acids is 1. The van der Waals surface area contributed by atoms with Crippen LogP contribution in [0.3, 0.4) is 0 Å². The highest BCUT2D eigenvalue weighted by atomic mass is 16.5. The van der Waals surface area contributed by atoms with Gasteiger partial charge in [0.1, 0.15) is 17.6 Å². The second-order valence-electron chi connectivity index (χ2n) is 3.59. The van der Waals surface area contributed by atoms with Crippen molar-refractivity contribution in [3.8, 4) is 11.5 Å². The van der Waals surface area contributed by atoms with Crippen molar-refractivity contribution in [1.82, 2.24) is 0 Å². The van der Waals surface area contributed by atoms with E-state index in [9.17, 15) is 4.79 Å². The maximum atomic E-state index is 10.8. The highest BCUT2D eigenvalue weighted by Gasteiger charge is 2.24. The molecule has 0 fully saturated rings. The molecule has 1 aliphatic rings. The van der Waals surface area contributed by atoms with Gasteiger partial charge in [-0.1, -0.05) is 0 Å². The Bertz CT molecular complexity index is 411. The summed E-state index contributed by atoms with van der Waals surface area (Å²) < 4.78 is 10.6. The molecule has 1 aromatic rings. The number of methoxy groups -OCH3 is 1. The molecular weight excluding hydrogens is 196 g/mol. The van der Waals surface area contributed by atoms with E-state index in [4.69, 9.17) is 14.6 Å². The molecular formula is C11H12O4. The van der Waals surface area contributed by atoms with Crippen LogP contribution >= 0.6 is 0 Å². The molecule has 2 rings (SSSR count). The van der Waals surface area contributed by atoms with Crippen LogP contribution in [0.1, 0.15) is 22.8 Å². The van der Waals surface area contributed by atoms with Crippen LogP contribution in [0.2, 0.25) is 0 Å². The number of hydrogen-bond donors (Lipinski definition) is 1. The summed E-state index contributed by atoms with van der Waals surface area (Å²) in [5.74, 6) is 0.243. The highest BCUT2D eigenvalue weighted by molar-refractivity contribution is 5.89. The molecule has 0 amide bonds. The molecule has 0 bridgehead atoms. The van der Waals surface area contributed by atoms with E-state index < -0.39 is 5.97 Å². The number of fused-ring (bicyclic) bond motifs is 1. The smallest absolute Gasteiger partial charge is 0.335 e. The number of rotatable bonds is 2. The lowest BCUT2D eigenvalue weighted by atomic mass is 10.1. The third-order valence-corrected chi connectivity index (χ3v) is 2.45. The van der Waals surface area contributed by atoms with E-state index >= 15 is 0 Å². The van der Waals surface area contributed by atoms with Gasteiger partial charge in [0.15, 0.2) is 0 Å². The van der Waals surface area contributed by atoms with Crippen molar-refractivity contribution in [2.75, 3.05) is 7.11 Å². The second-order valence-corrected chi connectivity index (χ2v) is 3.59. The summed E-state index contributed by atoms with van der Waals surface area (Å²) in [6, 6.07) is 3.08. The van der Waals surface area contributed by atoms with Gasteiger partial charge in [0.05, 0.1) is 12.7 Å². The lowest BCUT2D eigenvalue weighted by Gasteiger charge is -2.07. The van der Waals surface area contributed by atoms with Gasteiger partial charge in [-0.3, -0.25) is 0 Å². The normalized spacial score (nSPS) is 18.1. The zero-order valence-corrected chi connectivity index (χ0v) is 8.61. The molecule has 0 saturated carbocycles. The minimum absolute atomic E-state index is 0.0814. The Morgan fingerprint density at radius 1 is 1.60 bits per heavy atom. The zero-order valence-electron chi connectivity index (χ0n) is 8.61. The molecule has 0 aliphatic carbocycles. The molecule has 0 aromatic heterocycles. The Morgan fingerprint density at radius 3 is 2.93 bits per heavy atom. The van der Waals surface area contributed by atoms with Gasteiger partial charge in [0.2, 0.25) is 0 Å². The summed E-state index contributed by atoms with van der Waals surface area (Å²) in [6.45, 7) is 1.94. The largest absolute Gasteiger partial charge is 0.496 e. The molecule has 1 N–H and O–H groups in total. The van der Waals surface area contributed by atoms with E-state index in [-0.39, 0.29) is 11.7 Å². The van der Waals surface area contributed by atoms with Crippen LogP contribution in [0.4, 0.5) is 0 Å². The third-order valence-electron chi connectivity index (χ3n) is 2.45. The molecule has 0 spiro atoms. The standard InChI is InChI=1S/C11H12O4/c1-6-3-8-9(14-2)4-7(11(12)13)5-10(8)15-6/h4-6H,3H2,1-2H3,(H,12,13). The minimum Gasteiger partial charge on any atom is -0.496 e. The summed E-state index contributed by atoms with van der Waals surface area (Å²) in [4.78, 5) is 10.8. The first-order chi connectivity index (χ1) is 7.11. The quantitative estimate of drug-likeness (QED) is 0.803. The van der Waals surface area contributed by atoms with Gasteiger partial charge in [-0.15, -0.1) is 0 Å². The second kappa shape index (κ2) is 3.46. The number of carbonyl (C=O) groups is 1. The first-order valence-electron chi connectivity index (χ1n) is 4.72. The topological polar surface area (TPSA) is 55.8 Å². The number of hydrogen-bond acceptors (Lipinski definition) is 3. The SMILES string of the molecule is COc1cc(C(=O)O)cc2c1CC(C)O2. The van der Waals surface area contributed by atoms with Crippen LogP contribution in [0.5, 0.6) is 11.5 Å². The Hall–Kier alpha value is -1.71. The molecule has 0 radical (unpaired) electrons. The van der Waals surface area contributed by atoms with E-state index in [2.05, 4.69) is 0 Å². The van der Waals surface area contributed by atoms with Gasteiger partial charge in [-0.05, 0) is 19.1 Å². The average molecular weight is 208 g/mol. The Balaban J connectivity index is 2.52. The van der Waals surface area contributed by atoms with Crippen molar-refractivity contribution in [3.05, 3.63) is 23.3 Å². The summed E-state index contributed by atoms with van der Waals surface area (Å²) >= 11 is 0. The van der Waals surface area contributed by atoms with Crippen molar-refractivity contribution < 1.29 is 19.4 Å².